The van der Waals surface area contributed by atoms with Crippen molar-refractivity contribution >= 4 is 146 Å². The van der Waals surface area contributed by atoms with Gasteiger partial charge >= 0.3 is 194 Å². The molecule has 0 spiro atoms. The fourth-order valence-corrected chi connectivity index (χ4v) is 0. The first kappa shape index (κ1) is 116. The van der Waals surface area contributed by atoms with Gasteiger partial charge in [-0.1, -0.05) is 0 Å². The van der Waals surface area contributed by atoms with Gasteiger partial charge in [0.25, 0.3) is 0 Å². The molecule has 0 aromatic carbocycles. The minimum atomic E-state index is -5.17. The maximum atomic E-state index is 8.74. The Balaban J connectivity index is -0.0000000334. The summed E-state index contributed by atoms with van der Waals surface area (Å²) in [5.41, 5.74) is 0. The Labute approximate surface area is 445 Å². The molecule has 0 saturated carbocycles. The van der Waals surface area contributed by atoms with Crippen LogP contribution < -0.4 is 59.1 Å². The van der Waals surface area contributed by atoms with Gasteiger partial charge in [0, 0.05) is 10.4 Å². The monoisotopic (exact) mass is 1420 g/mol. The van der Waals surface area contributed by atoms with Crippen LogP contribution in [0.1, 0.15) is 0 Å². The summed E-state index contributed by atoms with van der Waals surface area (Å²) < 4.78 is 445. The van der Waals surface area contributed by atoms with Gasteiger partial charge in [-0.05, 0) is 0 Å². The van der Waals surface area contributed by atoms with E-state index < -0.39 is 146 Å². The zero-order valence-corrected chi connectivity index (χ0v) is 47.0. The fraction of sp³-hybridized carbons (Fsp3) is 0. The van der Waals surface area contributed by atoms with Crippen LogP contribution in [0.25, 0.3) is 0 Å². The molecule has 0 heterocycles. The van der Waals surface area contributed by atoms with Gasteiger partial charge in [0.05, 0.1) is 0 Å². The first-order valence-corrected chi connectivity index (χ1v) is 29.2. The number of rotatable bonds is 0. The van der Waals surface area contributed by atoms with Gasteiger partial charge in [-0.15, -0.1) is 0 Å². The predicted molar refractivity (Wildman–Crippen MR) is 195 cm³/mol. The second-order valence-corrected chi connectivity index (χ2v) is 18.7. The summed E-state index contributed by atoms with van der Waals surface area (Å²) in [7, 11) is -65.8. The van der Waals surface area contributed by atoms with Crippen molar-refractivity contribution in [2.45, 2.75) is 0 Å². The number of hydrogen-bond donors (Lipinski definition) is 26. The second kappa shape index (κ2) is 49.5. The minimum Gasteiger partial charge on any atom is -0.759 e. The quantitative estimate of drug-likeness (QED) is 0.0608. The summed E-state index contributed by atoms with van der Waals surface area (Å²) >= 11 is 0. The van der Waals surface area contributed by atoms with E-state index >= 15 is 0 Å². The van der Waals surface area contributed by atoms with E-state index in [4.69, 9.17) is 245 Å². The smallest absolute Gasteiger partial charge is 0.759 e. The topological polar surface area (TPSA) is 1050 Å². The van der Waals surface area contributed by atoms with E-state index in [1.807, 2.05) is 0 Å². The molecule has 0 aliphatic carbocycles. The SMILES string of the molecule is O=S(=O)(O)O.O=S(=O)(O)O.O=S(=O)(O)O.O=S(=O)(O)O.O=S(=O)(O)O.O=S(=O)(O)O.O=S(=O)(O)O.O=S(=O)(O)O.O=S(=O)(O)O.O=S(=O)(O)O.O=S(=O)(O)O.O=S(=O)(O)O.O=S(=O)(O)O.O=S(=O)([O-])[O-].[Na+].[Na+]. The summed E-state index contributed by atoms with van der Waals surface area (Å²) in [6.45, 7) is 0. The molecule has 0 atom stereocenters. The molecule has 26 N–H and O–H groups in total. The van der Waals surface area contributed by atoms with E-state index in [2.05, 4.69) is 0 Å². The molecule has 0 aromatic heterocycles. The van der Waals surface area contributed by atoms with Crippen molar-refractivity contribution in [1.29, 1.82) is 0 Å². The molecule has 0 saturated heterocycles. The van der Waals surface area contributed by atoms with Gasteiger partial charge in [-0.25, -0.2) is 0 Å². The Morgan fingerprint density at radius 1 is 0.139 bits per heavy atom. The molecule has 448 valence electrons. The zero-order chi connectivity index (χ0) is 63.0. The molecule has 0 aliphatic heterocycles. The average Bonchev–Trinajstić information content (AvgIpc) is 2.60. The Kier molecular flexibility index (Phi) is 79.6. The Hall–Kier alpha value is 0.180. The molecular formula is H26Na2O56S14. The molecule has 0 fully saturated rings. The van der Waals surface area contributed by atoms with Gasteiger partial charge < -0.3 is 9.11 Å². The van der Waals surface area contributed by atoms with Crippen LogP contribution in [0.5, 0.6) is 0 Å². The van der Waals surface area contributed by atoms with E-state index in [1.54, 1.807) is 0 Å². The van der Waals surface area contributed by atoms with E-state index in [0.717, 1.165) is 0 Å². The molecule has 72 heteroatoms. The van der Waals surface area contributed by atoms with Crippen LogP contribution >= 0.6 is 0 Å². The third-order valence-corrected chi connectivity index (χ3v) is 0. The van der Waals surface area contributed by atoms with Gasteiger partial charge in [0.1, 0.15) is 0 Å². The zero-order valence-electron chi connectivity index (χ0n) is 31.6. The van der Waals surface area contributed by atoms with Crippen molar-refractivity contribution in [2.24, 2.45) is 0 Å². The maximum Gasteiger partial charge on any atom is 1.00 e. The third-order valence-electron chi connectivity index (χ3n) is 0. The summed E-state index contributed by atoms with van der Waals surface area (Å²) in [5, 5.41) is 0. The predicted octanol–water partition coefficient (Wildman–Crippen LogP) is -15.8. The molecule has 0 amide bonds. The van der Waals surface area contributed by atoms with E-state index in [-0.39, 0.29) is 59.1 Å². The van der Waals surface area contributed by atoms with Crippen molar-refractivity contribution in [3.63, 3.8) is 0 Å². The molecule has 0 bridgehead atoms. The van der Waals surface area contributed by atoms with Crippen LogP contribution in [0.15, 0.2) is 0 Å². The second-order valence-electron chi connectivity index (χ2n) is 6.23. The Bertz CT molecular complexity index is 2030. The first-order chi connectivity index (χ1) is 28.0. The van der Waals surface area contributed by atoms with Gasteiger partial charge in [0.15, 0.2) is 0 Å². The molecular weight excluding hydrogens is 1390 g/mol. The van der Waals surface area contributed by atoms with Gasteiger partial charge in [-0.3, -0.25) is 127 Å². The molecule has 0 aliphatic rings. The molecule has 72 heavy (non-hydrogen) atoms. The summed E-state index contributed by atoms with van der Waals surface area (Å²) in [5.74, 6) is 0. The molecule has 0 radical (unpaired) electrons. The van der Waals surface area contributed by atoms with E-state index in [1.165, 1.54) is 0 Å². The summed E-state index contributed by atoms with van der Waals surface area (Å²) in [6.07, 6.45) is 0. The summed E-state index contributed by atoms with van der Waals surface area (Å²) in [6, 6.07) is 0. The van der Waals surface area contributed by atoms with E-state index in [9.17, 15) is 0 Å². The molecule has 0 rings (SSSR count). The van der Waals surface area contributed by atoms with Crippen molar-refractivity contribution < 1.29 is 304 Å². The Morgan fingerprint density at radius 2 is 0.139 bits per heavy atom. The average molecular weight is 1420 g/mol. The molecule has 56 nitrogen and oxygen atoms in total. The first-order valence-electron chi connectivity index (χ1n) is 9.75. The van der Waals surface area contributed by atoms with Crippen LogP contribution in [-0.4, -0.2) is 245 Å². The third kappa shape index (κ3) is 10400000. The van der Waals surface area contributed by atoms with Gasteiger partial charge in [-0.2, -0.15) is 109 Å². The van der Waals surface area contributed by atoms with Crippen LogP contribution in [0.4, 0.5) is 0 Å². The largest absolute Gasteiger partial charge is 1.00 e. The Morgan fingerprint density at radius 3 is 0.139 bits per heavy atom. The maximum absolute atomic E-state index is 8.74. The van der Waals surface area contributed by atoms with Crippen molar-refractivity contribution in [3.05, 3.63) is 0 Å². The molecule has 0 unspecified atom stereocenters. The minimum absolute atomic E-state index is 0. The van der Waals surface area contributed by atoms with Gasteiger partial charge in [0.2, 0.25) is 0 Å². The normalized spacial score (nSPS) is 11.3. The number of hydrogen-bond acceptors (Lipinski definition) is 30. The van der Waals surface area contributed by atoms with Crippen molar-refractivity contribution in [3.8, 4) is 0 Å². The van der Waals surface area contributed by atoms with Crippen molar-refractivity contribution in [1.82, 2.24) is 0 Å². The summed E-state index contributed by atoms with van der Waals surface area (Å²) in [4.78, 5) is 0. The fourth-order valence-electron chi connectivity index (χ4n) is 0. The van der Waals surface area contributed by atoms with Crippen LogP contribution in [-0.2, 0) is 146 Å². The van der Waals surface area contributed by atoms with Crippen molar-refractivity contribution in [2.75, 3.05) is 0 Å². The van der Waals surface area contributed by atoms with Crippen LogP contribution in [0, 0.1) is 0 Å². The molecule has 0 aromatic rings. The standard InChI is InChI=1S/2Na.14H2O4S/c;;14*1-5(2,3)4/h;;14*(H2,1,2,3,4)/q2*+1;;;;;;;;;;;;;;/p-2. The van der Waals surface area contributed by atoms with Crippen LogP contribution in [0.2, 0.25) is 0 Å². The van der Waals surface area contributed by atoms with E-state index in [0.29, 0.717) is 0 Å². The van der Waals surface area contributed by atoms with Crippen LogP contribution in [0.3, 0.4) is 0 Å².